The molecule has 0 spiro atoms. The van der Waals surface area contributed by atoms with Gasteiger partial charge >= 0.3 is 0 Å². The summed E-state index contributed by atoms with van der Waals surface area (Å²) < 4.78 is 0. The lowest BCUT2D eigenvalue weighted by molar-refractivity contribution is -0.178. The fraction of sp³-hybridized carbons (Fsp3) is 1.00. The van der Waals surface area contributed by atoms with Crippen LogP contribution in [0.5, 0.6) is 0 Å². The maximum atomic E-state index is 8.83. The summed E-state index contributed by atoms with van der Waals surface area (Å²) in [6.07, 6.45) is 32.8. The zero-order valence-electron chi connectivity index (χ0n) is 30.4. The van der Waals surface area contributed by atoms with E-state index in [2.05, 4.69) is 40.1 Å². The Bertz CT molecular complexity index is 374. The number of hydrogen-bond donors (Lipinski definition) is 4. The maximum Gasteiger partial charge on any atom is 0.0966 e. The van der Waals surface area contributed by atoms with E-state index in [0.29, 0.717) is 13.3 Å². The van der Waals surface area contributed by atoms with Crippen LogP contribution in [0.15, 0.2) is 0 Å². The van der Waals surface area contributed by atoms with Crippen LogP contribution < -0.4 is 5.48 Å². The molecule has 0 amide bonds. The van der Waals surface area contributed by atoms with Gasteiger partial charge in [-0.2, -0.15) is 10.5 Å². The molecule has 0 aromatic heterocycles. The zero-order chi connectivity index (χ0) is 32.2. The number of rotatable bonds is 29. The molecule has 0 saturated heterocycles. The van der Waals surface area contributed by atoms with Crippen molar-refractivity contribution >= 4 is 0 Å². The van der Waals surface area contributed by atoms with Gasteiger partial charge in [-0.05, 0) is 26.2 Å². The largest absolute Gasteiger partial charge is 0.412 e. The average Bonchev–Trinajstić information content (AvgIpc) is 2.99. The molecule has 0 radical (unpaired) electrons. The third-order valence-corrected chi connectivity index (χ3v) is 7.00. The minimum Gasteiger partial charge on any atom is -0.412 e. The monoisotopic (exact) mass is 627 g/mol. The van der Waals surface area contributed by atoms with Gasteiger partial charge in [0, 0.05) is 21.2 Å². The number of nitrogens with one attached hydrogen (secondary N) is 1. The molecule has 0 saturated carbocycles. The molecular formula is C36H86N2O5. The molecule has 270 valence electrons. The lowest BCUT2D eigenvalue weighted by Gasteiger charge is -2.20. The minimum absolute atomic E-state index is 0. The fourth-order valence-electron chi connectivity index (χ4n) is 4.34. The first-order chi connectivity index (χ1) is 20.6. The van der Waals surface area contributed by atoms with Crippen molar-refractivity contribution in [1.29, 1.82) is 0 Å². The van der Waals surface area contributed by atoms with E-state index in [9.17, 15) is 0 Å². The van der Waals surface area contributed by atoms with Crippen molar-refractivity contribution in [3.8, 4) is 0 Å². The second-order valence-electron chi connectivity index (χ2n) is 11.5. The molecule has 0 aliphatic rings. The van der Waals surface area contributed by atoms with Gasteiger partial charge in [-0.3, -0.25) is 4.84 Å². The van der Waals surface area contributed by atoms with Crippen molar-refractivity contribution in [3.63, 3.8) is 0 Å². The summed E-state index contributed by atoms with van der Waals surface area (Å²) in [5.41, 5.74) is 2.20. The van der Waals surface area contributed by atoms with Gasteiger partial charge in [-0.1, -0.05) is 176 Å². The van der Waals surface area contributed by atoms with Gasteiger partial charge in [-0.25, -0.2) is 0 Å². The Kier molecular flexibility index (Phi) is 69.7. The van der Waals surface area contributed by atoms with Crippen molar-refractivity contribution < 1.29 is 27.2 Å². The highest BCUT2D eigenvalue weighted by Gasteiger charge is 2.04. The third-order valence-electron chi connectivity index (χ3n) is 7.00. The summed E-state index contributed by atoms with van der Waals surface area (Å²) in [5, 5.41) is 26.7. The van der Waals surface area contributed by atoms with Crippen LogP contribution in [0.2, 0.25) is 0 Å². The van der Waals surface area contributed by atoms with E-state index >= 15 is 0 Å². The van der Waals surface area contributed by atoms with Gasteiger partial charge in [0.25, 0.3) is 0 Å². The van der Waals surface area contributed by atoms with Crippen LogP contribution in [0.25, 0.3) is 0 Å². The lowest BCUT2D eigenvalue weighted by atomic mass is 10.1. The highest BCUT2D eigenvalue weighted by atomic mass is 16.7. The van der Waals surface area contributed by atoms with Crippen LogP contribution in [-0.2, 0) is 4.84 Å². The Labute approximate surface area is 272 Å². The van der Waals surface area contributed by atoms with Crippen molar-refractivity contribution in [2.24, 2.45) is 0 Å². The molecule has 0 aliphatic heterocycles. The fourth-order valence-corrected chi connectivity index (χ4v) is 4.34. The van der Waals surface area contributed by atoms with Crippen LogP contribution in [0.1, 0.15) is 203 Å². The van der Waals surface area contributed by atoms with Crippen LogP contribution >= 0.6 is 0 Å². The SMILES string of the molecule is CCCCCCCCC.CCCCCCCCCON(CCCCCCC)CNO.CCCCCCCCO.CCO.O.[HH]. The molecule has 0 atom stereocenters. The van der Waals surface area contributed by atoms with Crippen LogP contribution in [-0.4, -0.2) is 59.0 Å². The van der Waals surface area contributed by atoms with Crippen molar-refractivity contribution in [2.45, 2.75) is 202 Å². The zero-order valence-corrected chi connectivity index (χ0v) is 30.4. The van der Waals surface area contributed by atoms with Crippen LogP contribution in [0.4, 0.5) is 0 Å². The Morgan fingerprint density at radius 2 is 0.791 bits per heavy atom. The Morgan fingerprint density at radius 3 is 1.12 bits per heavy atom. The van der Waals surface area contributed by atoms with Crippen LogP contribution in [0.3, 0.4) is 0 Å². The number of nitrogens with zero attached hydrogens (tertiary/aromatic N) is 1. The molecule has 7 nitrogen and oxygen atoms in total. The van der Waals surface area contributed by atoms with E-state index in [1.54, 1.807) is 6.92 Å². The maximum absolute atomic E-state index is 8.83. The highest BCUT2D eigenvalue weighted by molar-refractivity contribution is 4.48. The van der Waals surface area contributed by atoms with E-state index in [1.807, 2.05) is 5.06 Å². The molecule has 6 N–H and O–H groups in total. The van der Waals surface area contributed by atoms with Crippen molar-refractivity contribution in [3.05, 3.63) is 0 Å². The van der Waals surface area contributed by atoms with Crippen LogP contribution in [0, 0.1) is 0 Å². The Hall–Kier alpha value is -0.280. The minimum atomic E-state index is 0. The van der Waals surface area contributed by atoms with E-state index in [1.165, 1.54) is 141 Å². The topological polar surface area (TPSA) is 117 Å². The molecule has 0 bridgehead atoms. The van der Waals surface area contributed by atoms with Gasteiger partial charge < -0.3 is 20.9 Å². The summed E-state index contributed by atoms with van der Waals surface area (Å²) in [5.74, 6) is 0. The summed E-state index contributed by atoms with van der Waals surface area (Å²) in [6.45, 7) is 15.6. The molecule has 43 heavy (non-hydrogen) atoms. The Balaban J connectivity index is -0.000000131. The van der Waals surface area contributed by atoms with E-state index < -0.39 is 0 Å². The Morgan fingerprint density at radius 1 is 0.488 bits per heavy atom. The molecule has 7 heteroatoms. The molecular weight excluding hydrogens is 540 g/mol. The molecule has 0 aromatic carbocycles. The predicted octanol–water partition coefficient (Wildman–Crippen LogP) is 10.4. The van der Waals surface area contributed by atoms with E-state index in [-0.39, 0.29) is 13.5 Å². The number of hydrogen-bond acceptors (Lipinski definition) is 6. The smallest absolute Gasteiger partial charge is 0.0966 e. The first kappa shape index (κ1) is 52.3. The quantitative estimate of drug-likeness (QED) is 0.0373. The van der Waals surface area contributed by atoms with Gasteiger partial charge in [0.1, 0.15) is 0 Å². The highest BCUT2D eigenvalue weighted by Crippen LogP contribution is 2.09. The van der Waals surface area contributed by atoms with Gasteiger partial charge in [0.15, 0.2) is 0 Å². The number of unbranched alkanes of at least 4 members (excludes halogenated alkanes) is 21. The molecule has 0 aliphatic carbocycles. The third kappa shape index (κ3) is 65.4. The molecule has 0 unspecified atom stereocenters. The van der Waals surface area contributed by atoms with Gasteiger partial charge in [0.2, 0.25) is 0 Å². The first-order valence-electron chi connectivity index (χ1n) is 18.6. The average molecular weight is 627 g/mol. The normalized spacial score (nSPS) is 10.2. The van der Waals surface area contributed by atoms with Gasteiger partial charge in [-0.15, -0.1) is 0 Å². The lowest BCUT2D eigenvalue weighted by Crippen LogP contribution is -2.34. The number of hydroxylamine groups is 3. The summed E-state index contributed by atoms with van der Waals surface area (Å²) in [6, 6.07) is 0. The summed E-state index contributed by atoms with van der Waals surface area (Å²) in [7, 11) is 0. The standard InChI is InChI=1S/C17H38N2O2.C9H20.C8H18O.C2H6O.H2O.H2/c1-3-5-7-9-10-12-14-16-21-19(17-18-20)15-13-11-8-6-4-2;1-3-5-7-9-8-6-4-2;1-2-3-4-5-6-7-8-9;1-2-3;;/h18,20H,3-17H2,1-2H3;3-9H2,1-2H3;9H,2-8H2,1H3;3H,2H2,1H3;1H2;1H. The van der Waals surface area contributed by atoms with Gasteiger partial charge in [0.05, 0.1) is 13.3 Å². The van der Waals surface area contributed by atoms with Crippen molar-refractivity contribution in [1.82, 2.24) is 10.5 Å². The van der Waals surface area contributed by atoms with E-state index in [0.717, 1.165) is 32.4 Å². The first-order valence-corrected chi connectivity index (χ1v) is 18.6. The predicted molar refractivity (Wildman–Crippen MR) is 192 cm³/mol. The summed E-state index contributed by atoms with van der Waals surface area (Å²) >= 11 is 0. The van der Waals surface area contributed by atoms with Crippen molar-refractivity contribution in [2.75, 3.05) is 33.0 Å². The molecule has 0 heterocycles. The van der Waals surface area contributed by atoms with E-state index in [4.69, 9.17) is 20.3 Å². The molecule has 0 rings (SSSR count). The molecule has 0 aromatic rings. The second-order valence-corrected chi connectivity index (χ2v) is 11.5. The molecule has 0 fully saturated rings. The number of aliphatic hydroxyl groups excluding tert-OH is 2. The second kappa shape index (κ2) is 57.4. The summed E-state index contributed by atoms with van der Waals surface area (Å²) in [4.78, 5) is 5.73. The number of aliphatic hydroxyl groups is 2.